The van der Waals surface area contributed by atoms with Crippen LogP contribution in [-0.4, -0.2) is 30.9 Å². The Morgan fingerprint density at radius 2 is 1.94 bits per heavy atom. The van der Waals surface area contributed by atoms with Crippen LogP contribution < -0.4 is 5.73 Å². The molecule has 0 unspecified atom stereocenters. The maximum atomic E-state index is 12.2. The molecule has 0 atom stereocenters. The fraction of sp³-hybridized carbons (Fsp3) is 0.462. The van der Waals surface area contributed by atoms with Crippen molar-refractivity contribution in [1.82, 2.24) is 4.90 Å². The van der Waals surface area contributed by atoms with E-state index in [-0.39, 0.29) is 11.3 Å². The smallest absolute Gasteiger partial charge is 0.253 e. The Morgan fingerprint density at radius 3 is 2.44 bits per heavy atom. The molecule has 1 amide bonds. The molecule has 18 heavy (non-hydrogen) atoms. The lowest BCUT2D eigenvalue weighted by atomic mass is 9.93. The lowest BCUT2D eigenvalue weighted by Crippen LogP contribution is -2.39. The van der Waals surface area contributed by atoms with E-state index < -0.39 is 0 Å². The predicted molar refractivity (Wildman–Crippen MR) is 76.3 cm³/mol. The van der Waals surface area contributed by atoms with Crippen molar-refractivity contribution in [2.75, 3.05) is 20.1 Å². The number of nitrogens with zero attached hydrogens (tertiary/aromatic N) is 1. The second-order valence-electron chi connectivity index (χ2n) is 5.16. The summed E-state index contributed by atoms with van der Waals surface area (Å²) in [5.41, 5.74) is 6.08. The molecule has 0 fully saturated rings. The van der Waals surface area contributed by atoms with Crippen molar-refractivity contribution in [3.8, 4) is 0 Å². The monoisotopic (exact) mass is 288 g/mol. The highest BCUT2D eigenvalue weighted by atomic mass is 35.5. The van der Waals surface area contributed by atoms with Crippen LogP contribution in [0.3, 0.4) is 0 Å². The van der Waals surface area contributed by atoms with Gasteiger partial charge in [-0.15, -0.1) is 0 Å². The number of hydrogen-bond acceptors (Lipinski definition) is 2. The molecule has 1 rings (SSSR count). The van der Waals surface area contributed by atoms with E-state index in [2.05, 4.69) is 0 Å². The van der Waals surface area contributed by atoms with Gasteiger partial charge in [0.15, 0.2) is 0 Å². The van der Waals surface area contributed by atoms with Gasteiger partial charge in [-0.3, -0.25) is 4.79 Å². The SMILES string of the molecule is CN(CC(C)(C)CN)C(=O)c1ccc(Cl)c(Cl)c1. The van der Waals surface area contributed by atoms with Crippen LogP contribution in [0.25, 0.3) is 0 Å². The van der Waals surface area contributed by atoms with Gasteiger partial charge in [0.2, 0.25) is 0 Å². The first-order valence-electron chi connectivity index (χ1n) is 5.67. The minimum atomic E-state index is -0.110. The van der Waals surface area contributed by atoms with Crippen molar-refractivity contribution < 1.29 is 4.79 Å². The van der Waals surface area contributed by atoms with E-state index in [0.717, 1.165) is 0 Å². The number of rotatable bonds is 4. The minimum Gasteiger partial charge on any atom is -0.341 e. The molecule has 0 aliphatic rings. The van der Waals surface area contributed by atoms with Gasteiger partial charge in [0.05, 0.1) is 10.0 Å². The average molecular weight is 289 g/mol. The van der Waals surface area contributed by atoms with Gasteiger partial charge in [0.1, 0.15) is 0 Å². The summed E-state index contributed by atoms with van der Waals surface area (Å²) in [5.74, 6) is -0.0879. The first-order chi connectivity index (χ1) is 8.26. The summed E-state index contributed by atoms with van der Waals surface area (Å²) >= 11 is 11.7. The van der Waals surface area contributed by atoms with Crippen molar-refractivity contribution in [2.24, 2.45) is 11.1 Å². The van der Waals surface area contributed by atoms with Gasteiger partial charge in [0, 0.05) is 19.2 Å². The molecule has 0 spiro atoms. The highest BCUT2D eigenvalue weighted by Crippen LogP contribution is 2.23. The Balaban J connectivity index is 2.83. The van der Waals surface area contributed by atoms with Crippen LogP contribution in [0.2, 0.25) is 10.0 Å². The van der Waals surface area contributed by atoms with Crippen LogP contribution in [0.1, 0.15) is 24.2 Å². The molecule has 0 heterocycles. The van der Waals surface area contributed by atoms with E-state index in [1.807, 2.05) is 13.8 Å². The van der Waals surface area contributed by atoms with E-state index in [1.54, 1.807) is 30.1 Å². The quantitative estimate of drug-likeness (QED) is 0.926. The number of amides is 1. The van der Waals surface area contributed by atoms with Crippen molar-refractivity contribution in [2.45, 2.75) is 13.8 Å². The number of benzene rings is 1. The molecular formula is C13H18Cl2N2O. The zero-order valence-electron chi connectivity index (χ0n) is 10.8. The molecule has 0 aliphatic heterocycles. The van der Waals surface area contributed by atoms with Crippen LogP contribution in [0, 0.1) is 5.41 Å². The van der Waals surface area contributed by atoms with Gasteiger partial charge in [0.25, 0.3) is 5.91 Å². The second kappa shape index (κ2) is 5.91. The summed E-state index contributed by atoms with van der Waals surface area (Å²) in [5, 5.41) is 0.826. The summed E-state index contributed by atoms with van der Waals surface area (Å²) in [6.45, 7) is 5.14. The largest absolute Gasteiger partial charge is 0.341 e. The maximum absolute atomic E-state index is 12.2. The van der Waals surface area contributed by atoms with Crippen molar-refractivity contribution >= 4 is 29.1 Å². The average Bonchev–Trinajstić information content (AvgIpc) is 2.31. The Bertz CT molecular complexity index is 447. The first-order valence-corrected chi connectivity index (χ1v) is 6.43. The number of carbonyl (C=O) groups excluding carboxylic acids is 1. The standard InChI is InChI=1S/C13H18Cl2N2O/c1-13(2,7-16)8-17(3)12(18)9-4-5-10(14)11(15)6-9/h4-6H,7-8,16H2,1-3H3. The minimum absolute atomic E-state index is 0.0879. The Hall–Kier alpha value is -0.770. The van der Waals surface area contributed by atoms with Crippen LogP contribution >= 0.6 is 23.2 Å². The third-order valence-corrected chi connectivity index (χ3v) is 3.47. The molecular weight excluding hydrogens is 271 g/mol. The first kappa shape index (κ1) is 15.3. The van der Waals surface area contributed by atoms with Gasteiger partial charge in [-0.1, -0.05) is 37.0 Å². The van der Waals surface area contributed by atoms with Gasteiger partial charge in [-0.2, -0.15) is 0 Å². The molecule has 0 bridgehead atoms. The van der Waals surface area contributed by atoms with Crippen molar-refractivity contribution in [1.29, 1.82) is 0 Å². The third-order valence-electron chi connectivity index (χ3n) is 2.73. The molecule has 1 aromatic carbocycles. The molecule has 0 saturated heterocycles. The van der Waals surface area contributed by atoms with E-state index >= 15 is 0 Å². The molecule has 5 heteroatoms. The number of carbonyl (C=O) groups is 1. The lowest BCUT2D eigenvalue weighted by molar-refractivity contribution is 0.0740. The second-order valence-corrected chi connectivity index (χ2v) is 5.97. The molecule has 0 aromatic heterocycles. The molecule has 0 saturated carbocycles. The number of nitrogens with two attached hydrogens (primary N) is 1. The summed E-state index contributed by atoms with van der Waals surface area (Å²) in [4.78, 5) is 13.8. The Labute approximate surface area is 118 Å². The fourth-order valence-electron chi connectivity index (χ4n) is 1.63. The van der Waals surface area contributed by atoms with Crippen LogP contribution in [0.4, 0.5) is 0 Å². The van der Waals surface area contributed by atoms with Crippen LogP contribution in [0.15, 0.2) is 18.2 Å². The zero-order chi connectivity index (χ0) is 13.9. The predicted octanol–water partition coefficient (Wildman–Crippen LogP) is 3.05. The maximum Gasteiger partial charge on any atom is 0.253 e. The summed E-state index contributed by atoms with van der Waals surface area (Å²) in [6, 6.07) is 4.87. The van der Waals surface area contributed by atoms with Crippen molar-refractivity contribution in [3.63, 3.8) is 0 Å². The topological polar surface area (TPSA) is 46.3 Å². The van der Waals surface area contributed by atoms with Gasteiger partial charge in [-0.25, -0.2) is 0 Å². The Kier molecular flexibility index (Phi) is 5.02. The molecule has 100 valence electrons. The fourth-order valence-corrected chi connectivity index (χ4v) is 1.93. The van der Waals surface area contributed by atoms with E-state index in [1.165, 1.54) is 0 Å². The van der Waals surface area contributed by atoms with Gasteiger partial charge < -0.3 is 10.6 Å². The van der Waals surface area contributed by atoms with Gasteiger partial charge in [-0.05, 0) is 30.2 Å². The number of hydrogen-bond donors (Lipinski definition) is 1. The Morgan fingerprint density at radius 1 is 1.33 bits per heavy atom. The van der Waals surface area contributed by atoms with Gasteiger partial charge >= 0.3 is 0 Å². The summed E-state index contributed by atoms with van der Waals surface area (Å²) in [7, 11) is 1.75. The lowest BCUT2D eigenvalue weighted by Gasteiger charge is -2.29. The normalized spacial score (nSPS) is 11.4. The van der Waals surface area contributed by atoms with Crippen molar-refractivity contribution in [3.05, 3.63) is 33.8 Å². The molecule has 0 aliphatic carbocycles. The molecule has 0 radical (unpaired) electrons. The van der Waals surface area contributed by atoms with E-state index in [9.17, 15) is 4.79 Å². The molecule has 1 aromatic rings. The zero-order valence-corrected chi connectivity index (χ0v) is 12.3. The van der Waals surface area contributed by atoms with E-state index in [4.69, 9.17) is 28.9 Å². The molecule has 3 nitrogen and oxygen atoms in total. The summed E-state index contributed by atoms with van der Waals surface area (Å²) in [6.07, 6.45) is 0. The van der Waals surface area contributed by atoms with E-state index in [0.29, 0.717) is 28.7 Å². The number of halogens is 2. The summed E-state index contributed by atoms with van der Waals surface area (Å²) < 4.78 is 0. The molecule has 2 N–H and O–H groups in total. The highest BCUT2D eigenvalue weighted by molar-refractivity contribution is 6.42. The van der Waals surface area contributed by atoms with Crippen LogP contribution in [-0.2, 0) is 0 Å². The van der Waals surface area contributed by atoms with Crippen LogP contribution in [0.5, 0.6) is 0 Å². The third kappa shape index (κ3) is 3.87. The highest BCUT2D eigenvalue weighted by Gasteiger charge is 2.22.